The molecular formula is C13H14FN3O2S. The zero-order valence-corrected chi connectivity index (χ0v) is 11.7. The molecule has 3 rings (SSSR count). The standard InChI is InChI=1S/C13H14FN3O2S/c1-7-6-17(2-3-19-7)12(18)9-4-8(14)5-10-11(9)16-13(20)15-10/h4-5,7H,2-3,6H2,1H3,(H2,15,16,20). The topological polar surface area (TPSA) is 61.1 Å². The summed E-state index contributed by atoms with van der Waals surface area (Å²) in [5.74, 6) is -0.678. The van der Waals surface area contributed by atoms with Crippen LogP contribution >= 0.6 is 12.2 Å². The predicted molar refractivity (Wildman–Crippen MR) is 74.8 cm³/mol. The number of rotatable bonds is 1. The van der Waals surface area contributed by atoms with Crippen LogP contribution in [0.4, 0.5) is 4.39 Å². The molecule has 1 aliphatic rings. The predicted octanol–water partition coefficient (Wildman–Crippen LogP) is 2.23. The Labute approximate surface area is 119 Å². The van der Waals surface area contributed by atoms with Crippen LogP contribution in [-0.4, -0.2) is 46.6 Å². The Kier molecular flexibility index (Phi) is 3.31. The Bertz CT molecular complexity index is 724. The van der Waals surface area contributed by atoms with Gasteiger partial charge in [0.25, 0.3) is 5.91 Å². The summed E-state index contributed by atoms with van der Waals surface area (Å²) in [5, 5.41) is 0. The summed E-state index contributed by atoms with van der Waals surface area (Å²) in [6, 6.07) is 2.56. The van der Waals surface area contributed by atoms with Crippen LogP contribution < -0.4 is 0 Å². The second kappa shape index (κ2) is 4.99. The first-order valence-corrected chi connectivity index (χ1v) is 6.78. The highest BCUT2D eigenvalue weighted by molar-refractivity contribution is 7.71. The fraction of sp³-hybridized carbons (Fsp3) is 0.385. The number of imidazole rings is 1. The second-order valence-electron chi connectivity index (χ2n) is 4.89. The highest BCUT2D eigenvalue weighted by atomic mass is 32.1. The molecule has 1 atom stereocenters. The first-order chi connectivity index (χ1) is 9.54. The van der Waals surface area contributed by atoms with Gasteiger partial charge in [-0.15, -0.1) is 0 Å². The minimum absolute atomic E-state index is 0.0125. The maximum Gasteiger partial charge on any atom is 0.256 e. The molecule has 1 fully saturated rings. The SMILES string of the molecule is CC1CN(C(=O)c2cc(F)cc3[nH]c(=S)[nH]c23)CCO1. The van der Waals surface area contributed by atoms with Crippen LogP contribution in [0.3, 0.4) is 0 Å². The second-order valence-corrected chi connectivity index (χ2v) is 5.30. The minimum atomic E-state index is -0.465. The molecule has 1 unspecified atom stereocenters. The lowest BCUT2D eigenvalue weighted by atomic mass is 10.1. The van der Waals surface area contributed by atoms with E-state index in [1.54, 1.807) is 4.90 Å². The summed E-state index contributed by atoms with van der Waals surface area (Å²) < 4.78 is 19.4. The van der Waals surface area contributed by atoms with Gasteiger partial charge in [0, 0.05) is 13.1 Å². The van der Waals surface area contributed by atoms with Crippen molar-refractivity contribution in [2.75, 3.05) is 19.7 Å². The van der Waals surface area contributed by atoms with Gasteiger partial charge < -0.3 is 19.6 Å². The number of carbonyl (C=O) groups excluding carboxylic acids is 1. The van der Waals surface area contributed by atoms with Gasteiger partial charge in [-0.05, 0) is 31.3 Å². The van der Waals surface area contributed by atoms with Gasteiger partial charge in [-0.3, -0.25) is 4.79 Å². The van der Waals surface area contributed by atoms with Gasteiger partial charge in [0.1, 0.15) is 5.82 Å². The van der Waals surface area contributed by atoms with Crippen LogP contribution in [0.5, 0.6) is 0 Å². The molecule has 1 aromatic carbocycles. The van der Waals surface area contributed by atoms with Crippen molar-refractivity contribution >= 4 is 29.2 Å². The first kappa shape index (κ1) is 13.3. The molecule has 1 saturated heterocycles. The monoisotopic (exact) mass is 295 g/mol. The number of fused-ring (bicyclic) bond motifs is 1. The van der Waals surface area contributed by atoms with Gasteiger partial charge in [-0.2, -0.15) is 0 Å². The van der Waals surface area contributed by atoms with Crippen molar-refractivity contribution in [1.82, 2.24) is 14.9 Å². The molecule has 2 aromatic rings. The van der Waals surface area contributed by atoms with Crippen LogP contribution in [0.2, 0.25) is 0 Å². The van der Waals surface area contributed by atoms with Crippen molar-refractivity contribution < 1.29 is 13.9 Å². The van der Waals surface area contributed by atoms with E-state index in [0.717, 1.165) is 0 Å². The van der Waals surface area contributed by atoms with Crippen LogP contribution in [0.1, 0.15) is 17.3 Å². The largest absolute Gasteiger partial charge is 0.375 e. The van der Waals surface area contributed by atoms with E-state index < -0.39 is 5.82 Å². The van der Waals surface area contributed by atoms with E-state index in [0.29, 0.717) is 41.1 Å². The molecule has 1 aromatic heterocycles. The van der Waals surface area contributed by atoms with Crippen molar-refractivity contribution in [3.63, 3.8) is 0 Å². The van der Waals surface area contributed by atoms with Crippen LogP contribution in [0.25, 0.3) is 11.0 Å². The minimum Gasteiger partial charge on any atom is -0.375 e. The maximum atomic E-state index is 13.6. The first-order valence-electron chi connectivity index (χ1n) is 6.37. The number of benzene rings is 1. The van der Waals surface area contributed by atoms with E-state index in [1.807, 2.05) is 6.92 Å². The van der Waals surface area contributed by atoms with E-state index in [1.165, 1.54) is 12.1 Å². The summed E-state index contributed by atoms with van der Waals surface area (Å²) in [7, 11) is 0. The van der Waals surface area contributed by atoms with Crippen LogP contribution in [-0.2, 0) is 4.74 Å². The Morgan fingerprint density at radius 2 is 2.30 bits per heavy atom. The average Bonchev–Trinajstić information content (AvgIpc) is 2.77. The van der Waals surface area contributed by atoms with Gasteiger partial charge in [-0.1, -0.05) is 0 Å². The van der Waals surface area contributed by atoms with E-state index >= 15 is 0 Å². The highest BCUT2D eigenvalue weighted by Gasteiger charge is 2.24. The lowest BCUT2D eigenvalue weighted by molar-refractivity contribution is -0.0123. The number of morpholine rings is 1. The lowest BCUT2D eigenvalue weighted by Gasteiger charge is -2.31. The zero-order valence-electron chi connectivity index (χ0n) is 10.9. The van der Waals surface area contributed by atoms with Crippen LogP contribution in [0.15, 0.2) is 12.1 Å². The third kappa shape index (κ3) is 2.34. The molecule has 0 saturated carbocycles. The van der Waals surface area contributed by atoms with Crippen molar-refractivity contribution in [1.29, 1.82) is 0 Å². The van der Waals surface area contributed by atoms with Gasteiger partial charge in [0.15, 0.2) is 4.77 Å². The lowest BCUT2D eigenvalue weighted by Crippen LogP contribution is -2.44. The molecule has 1 amide bonds. The summed E-state index contributed by atoms with van der Waals surface area (Å²) >= 11 is 5.00. The molecule has 2 heterocycles. The Morgan fingerprint density at radius 3 is 3.05 bits per heavy atom. The number of H-pyrrole nitrogens is 2. The number of nitrogens with zero attached hydrogens (tertiary/aromatic N) is 1. The number of ether oxygens (including phenoxy) is 1. The smallest absolute Gasteiger partial charge is 0.256 e. The van der Waals surface area contributed by atoms with E-state index in [2.05, 4.69) is 9.97 Å². The van der Waals surface area contributed by atoms with Gasteiger partial charge in [0.05, 0.1) is 29.3 Å². The summed E-state index contributed by atoms with van der Waals surface area (Å²) in [6.07, 6.45) is -0.0125. The molecule has 7 heteroatoms. The molecular weight excluding hydrogens is 281 g/mol. The molecule has 0 spiro atoms. The fourth-order valence-corrected chi connectivity index (χ4v) is 2.66. The third-order valence-electron chi connectivity index (χ3n) is 3.35. The Balaban J connectivity index is 2.04. The van der Waals surface area contributed by atoms with Crippen molar-refractivity contribution in [3.05, 3.63) is 28.3 Å². The van der Waals surface area contributed by atoms with Crippen molar-refractivity contribution in [2.45, 2.75) is 13.0 Å². The van der Waals surface area contributed by atoms with E-state index in [9.17, 15) is 9.18 Å². The summed E-state index contributed by atoms with van der Waals surface area (Å²) in [5.41, 5.74) is 1.33. The number of aromatic amines is 2. The third-order valence-corrected chi connectivity index (χ3v) is 3.55. The van der Waals surface area contributed by atoms with Gasteiger partial charge in [-0.25, -0.2) is 4.39 Å². The molecule has 0 aliphatic carbocycles. The molecule has 1 aliphatic heterocycles. The number of hydrogen-bond acceptors (Lipinski definition) is 3. The number of amides is 1. The normalized spacial score (nSPS) is 19.5. The molecule has 5 nitrogen and oxygen atoms in total. The zero-order chi connectivity index (χ0) is 14.3. The molecule has 2 N–H and O–H groups in total. The fourth-order valence-electron chi connectivity index (χ4n) is 2.45. The molecule has 0 radical (unpaired) electrons. The Morgan fingerprint density at radius 1 is 1.50 bits per heavy atom. The quantitative estimate of drug-likeness (QED) is 0.793. The number of aromatic nitrogens is 2. The van der Waals surface area contributed by atoms with Crippen molar-refractivity contribution in [3.8, 4) is 0 Å². The molecule has 20 heavy (non-hydrogen) atoms. The van der Waals surface area contributed by atoms with Crippen LogP contribution in [0, 0.1) is 10.6 Å². The number of halogens is 1. The molecule has 0 bridgehead atoms. The summed E-state index contributed by atoms with van der Waals surface area (Å²) in [4.78, 5) is 20.0. The van der Waals surface area contributed by atoms with E-state index in [4.69, 9.17) is 17.0 Å². The Hall–Kier alpha value is -1.73. The highest BCUT2D eigenvalue weighted by Crippen LogP contribution is 2.20. The maximum absolute atomic E-state index is 13.6. The number of carbonyl (C=O) groups is 1. The van der Waals surface area contributed by atoms with E-state index in [-0.39, 0.29) is 12.0 Å². The summed E-state index contributed by atoms with van der Waals surface area (Å²) in [6.45, 7) is 3.41. The number of nitrogens with one attached hydrogen (secondary N) is 2. The molecule has 106 valence electrons. The van der Waals surface area contributed by atoms with Gasteiger partial charge in [0.2, 0.25) is 0 Å². The average molecular weight is 295 g/mol. The number of hydrogen-bond donors (Lipinski definition) is 2. The van der Waals surface area contributed by atoms with Crippen molar-refractivity contribution in [2.24, 2.45) is 0 Å². The van der Waals surface area contributed by atoms with Gasteiger partial charge >= 0.3 is 0 Å².